The van der Waals surface area contributed by atoms with Crippen LogP contribution in [-0.4, -0.2) is 71.6 Å². The zero-order valence-electron chi connectivity index (χ0n) is 20.9. The second-order valence-electron chi connectivity index (χ2n) is 9.76. The molecule has 3 atom stereocenters. The van der Waals surface area contributed by atoms with Crippen LogP contribution in [0.1, 0.15) is 52.3 Å². The lowest BCUT2D eigenvalue weighted by Crippen LogP contribution is -2.54. The normalized spacial score (nSPS) is 22.0. The SMILES string of the molecule is CCn1c(-c2cnc(C)nc2)nc2c(N[C@@H](C(=O)N3CC(C)OC(C)C3)C3CCCC3)ncnc21. The predicted octanol–water partition coefficient (Wildman–Crippen LogP) is 3.22. The van der Waals surface area contributed by atoms with Gasteiger partial charge < -0.3 is 19.5 Å². The van der Waals surface area contributed by atoms with Crippen molar-refractivity contribution in [3.63, 3.8) is 0 Å². The fourth-order valence-corrected chi connectivity index (χ4v) is 5.44. The number of ether oxygens (including phenoxy) is 1. The highest BCUT2D eigenvalue weighted by Crippen LogP contribution is 2.33. The summed E-state index contributed by atoms with van der Waals surface area (Å²) in [4.78, 5) is 38.4. The Labute approximate surface area is 205 Å². The number of carbonyl (C=O) groups excluding carboxylic acids is 1. The summed E-state index contributed by atoms with van der Waals surface area (Å²) in [5.74, 6) is 2.42. The minimum atomic E-state index is -0.356. The molecule has 0 radical (unpaired) electrons. The highest BCUT2D eigenvalue weighted by molar-refractivity contribution is 5.90. The number of imidazole rings is 1. The van der Waals surface area contributed by atoms with Gasteiger partial charge in [-0.3, -0.25) is 4.79 Å². The van der Waals surface area contributed by atoms with Gasteiger partial charge in [-0.1, -0.05) is 12.8 Å². The van der Waals surface area contributed by atoms with E-state index in [0.29, 0.717) is 36.8 Å². The molecule has 1 aliphatic carbocycles. The van der Waals surface area contributed by atoms with Gasteiger partial charge in [0.15, 0.2) is 17.0 Å². The number of morpholine rings is 1. The van der Waals surface area contributed by atoms with Crippen LogP contribution in [0.3, 0.4) is 0 Å². The van der Waals surface area contributed by atoms with Gasteiger partial charge in [-0.25, -0.2) is 24.9 Å². The van der Waals surface area contributed by atoms with E-state index >= 15 is 0 Å². The van der Waals surface area contributed by atoms with E-state index in [4.69, 9.17) is 9.72 Å². The van der Waals surface area contributed by atoms with Crippen LogP contribution in [-0.2, 0) is 16.1 Å². The molecule has 1 saturated carbocycles. The second kappa shape index (κ2) is 9.85. The van der Waals surface area contributed by atoms with Crippen molar-refractivity contribution in [2.24, 2.45) is 5.92 Å². The molecule has 2 aliphatic rings. The number of nitrogens with one attached hydrogen (secondary N) is 1. The molecule has 0 aromatic carbocycles. The number of carbonyl (C=O) groups is 1. The fourth-order valence-electron chi connectivity index (χ4n) is 5.44. The molecular formula is C25H34N8O2. The van der Waals surface area contributed by atoms with Gasteiger partial charge in [0.05, 0.1) is 17.8 Å². The molecule has 186 valence electrons. The Morgan fingerprint density at radius 2 is 1.80 bits per heavy atom. The lowest BCUT2D eigenvalue weighted by molar-refractivity contribution is -0.145. The Bertz CT molecular complexity index is 1180. The van der Waals surface area contributed by atoms with Crippen LogP contribution in [0.5, 0.6) is 0 Å². The van der Waals surface area contributed by atoms with E-state index in [1.54, 1.807) is 18.7 Å². The average Bonchev–Trinajstić information content (AvgIpc) is 3.50. The maximum atomic E-state index is 13.8. The maximum Gasteiger partial charge on any atom is 0.245 e. The maximum absolute atomic E-state index is 13.8. The molecule has 1 amide bonds. The van der Waals surface area contributed by atoms with Crippen molar-refractivity contribution >= 4 is 22.9 Å². The van der Waals surface area contributed by atoms with Gasteiger partial charge in [-0.2, -0.15) is 0 Å². The number of nitrogens with zero attached hydrogens (tertiary/aromatic N) is 7. The largest absolute Gasteiger partial charge is 0.372 e. The molecule has 35 heavy (non-hydrogen) atoms. The highest BCUT2D eigenvalue weighted by atomic mass is 16.5. The van der Waals surface area contributed by atoms with Gasteiger partial charge in [-0.05, 0) is 46.5 Å². The third-order valence-electron chi connectivity index (χ3n) is 7.05. The van der Waals surface area contributed by atoms with Gasteiger partial charge in [0.25, 0.3) is 0 Å². The zero-order chi connectivity index (χ0) is 24.5. The number of hydrogen-bond acceptors (Lipinski definition) is 8. The molecule has 3 aromatic heterocycles. The predicted molar refractivity (Wildman–Crippen MR) is 133 cm³/mol. The number of rotatable bonds is 6. The van der Waals surface area contributed by atoms with Crippen LogP contribution in [0, 0.1) is 12.8 Å². The second-order valence-corrected chi connectivity index (χ2v) is 9.76. The van der Waals surface area contributed by atoms with E-state index in [1.807, 2.05) is 30.2 Å². The number of fused-ring (bicyclic) bond motifs is 1. The van der Waals surface area contributed by atoms with Gasteiger partial charge in [0.2, 0.25) is 5.91 Å². The van der Waals surface area contributed by atoms with E-state index in [1.165, 1.54) is 0 Å². The van der Waals surface area contributed by atoms with Gasteiger partial charge in [-0.15, -0.1) is 0 Å². The van der Waals surface area contributed by atoms with E-state index < -0.39 is 0 Å². The van der Waals surface area contributed by atoms with Gasteiger partial charge in [0, 0.05) is 32.0 Å². The summed E-state index contributed by atoms with van der Waals surface area (Å²) in [6.45, 7) is 9.86. The Balaban J connectivity index is 1.51. The van der Waals surface area contributed by atoms with Crippen molar-refractivity contribution in [2.75, 3.05) is 18.4 Å². The van der Waals surface area contributed by atoms with Crippen LogP contribution < -0.4 is 5.32 Å². The van der Waals surface area contributed by atoms with Crippen LogP contribution in [0.2, 0.25) is 0 Å². The molecule has 0 spiro atoms. The third kappa shape index (κ3) is 4.71. The molecule has 10 nitrogen and oxygen atoms in total. The minimum Gasteiger partial charge on any atom is -0.372 e. The number of aryl methyl sites for hydroxylation is 2. The average molecular weight is 479 g/mol. The molecular weight excluding hydrogens is 444 g/mol. The Hall–Kier alpha value is -3.14. The molecule has 10 heteroatoms. The Morgan fingerprint density at radius 1 is 1.11 bits per heavy atom. The lowest BCUT2D eigenvalue weighted by atomic mass is 9.96. The van der Waals surface area contributed by atoms with Crippen molar-refractivity contribution in [2.45, 2.75) is 78.2 Å². The molecule has 4 heterocycles. The molecule has 2 unspecified atom stereocenters. The summed E-state index contributed by atoms with van der Waals surface area (Å²) in [6.07, 6.45) is 9.51. The quantitative estimate of drug-likeness (QED) is 0.575. The van der Waals surface area contributed by atoms with Gasteiger partial charge >= 0.3 is 0 Å². The molecule has 1 aliphatic heterocycles. The standard InChI is InChI=1S/C25H34N8O2/c1-5-33-23(19-10-26-17(4)27-11-19)31-21-22(28-14-29-24(21)33)30-20(18-8-6-7-9-18)25(34)32-12-15(2)35-16(3)13-32/h10-11,14-16,18,20H,5-9,12-13H2,1-4H3,(H,28,29,30)/t15?,16?,20-/m1/s1. The fraction of sp³-hybridized carbons (Fsp3) is 0.600. The summed E-state index contributed by atoms with van der Waals surface area (Å²) in [5, 5.41) is 3.53. The number of anilines is 1. The first-order valence-corrected chi connectivity index (χ1v) is 12.7. The highest BCUT2D eigenvalue weighted by Gasteiger charge is 2.37. The van der Waals surface area contributed by atoms with E-state index in [9.17, 15) is 4.79 Å². The number of aromatic nitrogens is 6. The summed E-state index contributed by atoms with van der Waals surface area (Å²) < 4.78 is 7.90. The molecule has 3 aromatic rings. The third-order valence-corrected chi connectivity index (χ3v) is 7.05. The van der Waals surface area contributed by atoms with Crippen molar-refractivity contribution in [3.8, 4) is 11.4 Å². The summed E-state index contributed by atoms with van der Waals surface area (Å²) in [6, 6.07) is -0.356. The molecule has 0 bridgehead atoms. The first-order valence-electron chi connectivity index (χ1n) is 12.7. The minimum absolute atomic E-state index is 0.0252. The molecule has 5 rings (SSSR count). The Morgan fingerprint density at radius 3 is 2.46 bits per heavy atom. The monoisotopic (exact) mass is 478 g/mol. The van der Waals surface area contributed by atoms with Gasteiger partial charge in [0.1, 0.15) is 24.0 Å². The molecule has 1 N–H and O–H groups in total. The number of hydrogen-bond donors (Lipinski definition) is 1. The van der Waals surface area contributed by atoms with Crippen LogP contribution in [0.4, 0.5) is 5.82 Å². The van der Waals surface area contributed by atoms with Crippen molar-refractivity contribution in [3.05, 3.63) is 24.5 Å². The lowest BCUT2D eigenvalue weighted by Gasteiger charge is -2.38. The zero-order valence-corrected chi connectivity index (χ0v) is 20.9. The van der Waals surface area contributed by atoms with Crippen LogP contribution >= 0.6 is 0 Å². The smallest absolute Gasteiger partial charge is 0.245 e. The summed E-state index contributed by atoms with van der Waals surface area (Å²) in [5.41, 5.74) is 2.21. The van der Waals surface area contributed by atoms with Crippen molar-refractivity contribution in [1.29, 1.82) is 0 Å². The van der Waals surface area contributed by atoms with E-state index in [-0.39, 0.29) is 30.1 Å². The van der Waals surface area contributed by atoms with Crippen LogP contribution in [0.25, 0.3) is 22.6 Å². The van der Waals surface area contributed by atoms with E-state index in [2.05, 4.69) is 32.2 Å². The summed E-state index contributed by atoms with van der Waals surface area (Å²) in [7, 11) is 0. The first-order chi connectivity index (χ1) is 16.9. The summed E-state index contributed by atoms with van der Waals surface area (Å²) >= 11 is 0. The topological polar surface area (TPSA) is 111 Å². The van der Waals surface area contributed by atoms with Crippen LogP contribution in [0.15, 0.2) is 18.7 Å². The molecule has 1 saturated heterocycles. The Kier molecular flexibility index (Phi) is 6.64. The van der Waals surface area contributed by atoms with Crippen molar-refractivity contribution < 1.29 is 9.53 Å². The van der Waals surface area contributed by atoms with E-state index in [0.717, 1.165) is 42.7 Å². The number of amides is 1. The molecule has 2 fully saturated rings. The first kappa shape index (κ1) is 23.6. The van der Waals surface area contributed by atoms with Crippen molar-refractivity contribution in [1.82, 2.24) is 34.4 Å².